The van der Waals surface area contributed by atoms with E-state index in [0.717, 1.165) is 0 Å². The minimum atomic E-state index is -2.86. The Kier molecular flexibility index (Phi) is 3.96. The third-order valence-corrected chi connectivity index (χ3v) is 5.09. The molecule has 1 fully saturated rings. The van der Waals surface area contributed by atoms with Crippen molar-refractivity contribution in [2.24, 2.45) is 5.92 Å². The van der Waals surface area contributed by atoms with E-state index in [4.69, 9.17) is 10.00 Å². The number of benzene rings is 1. The van der Waals surface area contributed by atoms with Gasteiger partial charge in [-0.1, -0.05) is 0 Å². The zero-order valence-corrected chi connectivity index (χ0v) is 11.5. The van der Waals surface area contributed by atoms with Crippen molar-refractivity contribution in [3.63, 3.8) is 0 Å². The number of nitrogens with zero attached hydrogens (tertiary/aromatic N) is 1. The molecule has 1 atom stereocenters. The molecule has 0 spiro atoms. The van der Waals surface area contributed by atoms with Gasteiger partial charge in [-0.2, -0.15) is 5.26 Å². The number of hydrogen-bond donors (Lipinski definition) is 1. The highest BCUT2D eigenvalue weighted by Gasteiger charge is 2.27. The smallest absolute Gasteiger partial charge is 0.150 e. The van der Waals surface area contributed by atoms with Crippen LogP contribution in [0.5, 0.6) is 5.75 Å². The lowest BCUT2D eigenvalue weighted by Crippen LogP contribution is -2.16. The minimum absolute atomic E-state index is 0.114. The molecule has 0 aromatic heterocycles. The summed E-state index contributed by atoms with van der Waals surface area (Å²) in [6, 6.07) is 7.27. The van der Waals surface area contributed by atoms with E-state index in [9.17, 15) is 8.42 Å². The van der Waals surface area contributed by atoms with Crippen LogP contribution in [0, 0.1) is 17.2 Å². The van der Waals surface area contributed by atoms with Crippen LogP contribution in [-0.4, -0.2) is 33.6 Å². The number of methoxy groups -OCH3 is 1. The summed E-state index contributed by atoms with van der Waals surface area (Å²) in [6.45, 7) is 0.557. The number of hydrogen-bond acceptors (Lipinski definition) is 5. The number of sulfone groups is 1. The second-order valence-electron chi connectivity index (χ2n) is 4.67. The molecule has 1 saturated heterocycles. The van der Waals surface area contributed by atoms with Crippen LogP contribution in [0.3, 0.4) is 0 Å². The minimum Gasteiger partial charge on any atom is -0.497 e. The van der Waals surface area contributed by atoms with Gasteiger partial charge in [0.15, 0.2) is 9.84 Å². The number of anilines is 1. The molecule has 1 aliphatic rings. The fourth-order valence-electron chi connectivity index (χ4n) is 2.18. The summed E-state index contributed by atoms with van der Waals surface area (Å²) in [5.41, 5.74) is 1.22. The van der Waals surface area contributed by atoms with Crippen molar-refractivity contribution in [2.45, 2.75) is 6.42 Å². The van der Waals surface area contributed by atoms with Gasteiger partial charge in [-0.05, 0) is 24.5 Å². The van der Waals surface area contributed by atoms with Gasteiger partial charge in [0, 0.05) is 12.6 Å². The van der Waals surface area contributed by atoms with Crippen molar-refractivity contribution >= 4 is 15.5 Å². The summed E-state index contributed by atoms with van der Waals surface area (Å²) in [5, 5.41) is 12.2. The summed E-state index contributed by atoms with van der Waals surface area (Å²) in [7, 11) is -1.29. The average Bonchev–Trinajstić information content (AvgIpc) is 2.75. The van der Waals surface area contributed by atoms with Gasteiger partial charge < -0.3 is 10.1 Å². The molecule has 1 aliphatic heterocycles. The van der Waals surface area contributed by atoms with E-state index >= 15 is 0 Å². The van der Waals surface area contributed by atoms with Crippen LogP contribution in [-0.2, 0) is 9.84 Å². The molecule has 6 heteroatoms. The van der Waals surface area contributed by atoms with Gasteiger partial charge in [-0.3, -0.25) is 0 Å². The zero-order chi connectivity index (χ0) is 13.9. The van der Waals surface area contributed by atoms with Gasteiger partial charge in [-0.15, -0.1) is 0 Å². The third-order valence-electron chi connectivity index (χ3n) is 3.26. The molecule has 0 saturated carbocycles. The standard InChI is InChI=1S/C13H16N2O3S/c1-18-12-3-2-11(7-14)13(6-12)15-8-10-4-5-19(16,17)9-10/h2-3,6,10,15H,4-5,8-9H2,1H3. The number of ether oxygens (including phenoxy) is 1. The van der Waals surface area contributed by atoms with E-state index in [2.05, 4.69) is 11.4 Å². The Morgan fingerprint density at radius 2 is 2.32 bits per heavy atom. The number of rotatable bonds is 4. The van der Waals surface area contributed by atoms with Crippen LogP contribution >= 0.6 is 0 Å². The lowest BCUT2D eigenvalue weighted by Gasteiger charge is -2.13. The fraction of sp³-hybridized carbons (Fsp3) is 0.462. The molecule has 0 radical (unpaired) electrons. The second-order valence-corrected chi connectivity index (χ2v) is 6.90. The molecule has 1 unspecified atom stereocenters. The molecule has 2 rings (SSSR count). The third kappa shape index (κ3) is 3.38. The SMILES string of the molecule is COc1ccc(C#N)c(NCC2CCS(=O)(=O)C2)c1. The highest BCUT2D eigenvalue weighted by molar-refractivity contribution is 7.91. The highest BCUT2D eigenvalue weighted by Crippen LogP contribution is 2.24. The first-order valence-corrected chi connectivity index (χ1v) is 7.88. The van der Waals surface area contributed by atoms with Crippen LogP contribution in [0.1, 0.15) is 12.0 Å². The second kappa shape index (κ2) is 5.49. The Bertz CT molecular complexity index is 605. The molecule has 1 N–H and O–H groups in total. The normalized spacial score (nSPS) is 20.7. The van der Waals surface area contributed by atoms with Crippen molar-refractivity contribution in [1.29, 1.82) is 5.26 Å². The maximum Gasteiger partial charge on any atom is 0.150 e. The largest absolute Gasteiger partial charge is 0.497 e. The van der Waals surface area contributed by atoms with E-state index in [-0.39, 0.29) is 17.4 Å². The Balaban J connectivity index is 2.05. The molecular weight excluding hydrogens is 264 g/mol. The van der Waals surface area contributed by atoms with Crippen molar-refractivity contribution in [1.82, 2.24) is 0 Å². The van der Waals surface area contributed by atoms with Gasteiger partial charge >= 0.3 is 0 Å². The quantitative estimate of drug-likeness (QED) is 0.902. The van der Waals surface area contributed by atoms with E-state index in [1.807, 2.05) is 0 Å². The predicted octanol–water partition coefficient (Wildman–Crippen LogP) is 1.41. The molecule has 0 aliphatic carbocycles. The topological polar surface area (TPSA) is 79.2 Å². The van der Waals surface area contributed by atoms with E-state index in [0.29, 0.717) is 30.0 Å². The molecule has 5 nitrogen and oxygen atoms in total. The maximum absolute atomic E-state index is 11.4. The van der Waals surface area contributed by atoms with Crippen LogP contribution in [0.15, 0.2) is 18.2 Å². The average molecular weight is 280 g/mol. The first kappa shape index (κ1) is 13.7. The Morgan fingerprint density at radius 3 is 2.89 bits per heavy atom. The van der Waals surface area contributed by atoms with Crippen molar-refractivity contribution in [3.8, 4) is 11.8 Å². The molecule has 102 valence electrons. The molecule has 1 aromatic rings. The van der Waals surface area contributed by atoms with E-state index in [1.54, 1.807) is 25.3 Å². The van der Waals surface area contributed by atoms with Gasteiger partial charge in [0.2, 0.25) is 0 Å². The first-order valence-electron chi connectivity index (χ1n) is 6.06. The van der Waals surface area contributed by atoms with E-state index < -0.39 is 9.84 Å². The first-order chi connectivity index (χ1) is 9.04. The number of nitrogens with one attached hydrogen (secondary N) is 1. The molecule has 19 heavy (non-hydrogen) atoms. The Labute approximate surface area is 113 Å². The van der Waals surface area contributed by atoms with Crippen LogP contribution < -0.4 is 10.1 Å². The lowest BCUT2D eigenvalue weighted by molar-refractivity contribution is 0.415. The Hall–Kier alpha value is -1.74. The summed E-state index contributed by atoms with van der Waals surface area (Å²) in [6.07, 6.45) is 0.682. The number of nitriles is 1. The van der Waals surface area contributed by atoms with Crippen LogP contribution in [0.4, 0.5) is 5.69 Å². The van der Waals surface area contributed by atoms with Crippen molar-refractivity contribution in [3.05, 3.63) is 23.8 Å². The maximum atomic E-state index is 11.4. The molecule has 0 amide bonds. The zero-order valence-electron chi connectivity index (χ0n) is 10.7. The lowest BCUT2D eigenvalue weighted by atomic mass is 10.1. The highest BCUT2D eigenvalue weighted by atomic mass is 32.2. The molecular formula is C13H16N2O3S. The monoisotopic (exact) mass is 280 g/mol. The fourth-order valence-corrected chi connectivity index (χ4v) is 4.04. The molecule has 0 bridgehead atoms. The van der Waals surface area contributed by atoms with Gasteiger partial charge in [0.1, 0.15) is 11.8 Å². The van der Waals surface area contributed by atoms with Crippen molar-refractivity contribution < 1.29 is 13.2 Å². The Morgan fingerprint density at radius 1 is 1.53 bits per heavy atom. The van der Waals surface area contributed by atoms with Crippen molar-refractivity contribution in [2.75, 3.05) is 30.5 Å². The molecule has 1 heterocycles. The van der Waals surface area contributed by atoms with Crippen LogP contribution in [0.2, 0.25) is 0 Å². The molecule has 1 aromatic carbocycles. The van der Waals surface area contributed by atoms with Gasteiger partial charge in [0.05, 0.1) is 29.9 Å². The summed E-state index contributed by atoms with van der Waals surface area (Å²) in [5.74, 6) is 1.28. The summed E-state index contributed by atoms with van der Waals surface area (Å²) < 4.78 is 27.9. The summed E-state index contributed by atoms with van der Waals surface area (Å²) in [4.78, 5) is 0. The van der Waals surface area contributed by atoms with Gasteiger partial charge in [0.25, 0.3) is 0 Å². The summed E-state index contributed by atoms with van der Waals surface area (Å²) >= 11 is 0. The predicted molar refractivity (Wildman–Crippen MR) is 73.0 cm³/mol. The van der Waals surface area contributed by atoms with E-state index in [1.165, 1.54) is 0 Å². The van der Waals surface area contributed by atoms with Gasteiger partial charge in [-0.25, -0.2) is 8.42 Å². The van der Waals surface area contributed by atoms with Crippen LogP contribution in [0.25, 0.3) is 0 Å².